The molecule has 1 atom stereocenters. The van der Waals surface area contributed by atoms with Gasteiger partial charge in [0.1, 0.15) is 11.6 Å². The number of carbonyl (C=O) groups excluding carboxylic acids is 1. The topological polar surface area (TPSA) is 70.2 Å². The van der Waals surface area contributed by atoms with E-state index >= 15 is 0 Å². The minimum absolute atomic E-state index is 0.0622. The van der Waals surface area contributed by atoms with E-state index in [1.54, 1.807) is 18.2 Å². The zero-order valence-corrected chi connectivity index (χ0v) is 15.3. The molecule has 1 saturated heterocycles. The second-order valence-corrected chi connectivity index (χ2v) is 6.75. The summed E-state index contributed by atoms with van der Waals surface area (Å²) in [4.78, 5) is 14.5. The monoisotopic (exact) mass is 378 g/mol. The van der Waals surface area contributed by atoms with Crippen LogP contribution in [0.2, 0.25) is 0 Å². The number of likely N-dealkylation sites (tertiary alicyclic amines) is 1. The van der Waals surface area contributed by atoms with Crippen molar-refractivity contribution in [3.8, 4) is 17.0 Å². The van der Waals surface area contributed by atoms with Crippen molar-refractivity contribution in [1.29, 1.82) is 0 Å². The van der Waals surface area contributed by atoms with Crippen molar-refractivity contribution < 1.29 is 18.3 Å². The minimum atomic E-state index is -2.88. The number of halogens is 2. The molecule has 1 amide bonds. The van der Waals surface area contributed by atoms with Gasteiger partial charge in [-0.2, -0.15) is 13.9 Å². The molecule has 1 aliphatic heterocycles. The first kappa shape index (κ1) is 19.3. The van der Waals surface area contributed by atoms with Crippen LogP contribution in [-0.2, 0) is 4.79 Å². The average Bonchev–Trinajstić information content (AvgIpc) is 3.24. The third kappa shape index (κ3) is 5.50. The maximum Gasteiger partial charge on any atom is 0.387 e. The quantitative estimate of drug-likeness (QED) is 0.731. The van der Waals surface area contributed by atoms with Crippen molar-refractivity contribution >= 4 is 11.7 Å². The number of nitrogens with zero attached hydrogens (tertiary/aromatic N) is 2. The molecular formula is C19H24F2N4O2. The Kier molecular flexibility index (Phi) is 6.39. The number of aromatic amines is 1. The fraction of sp³-hybridized carbons (Fsp3) is 0.474. The SMILES string of the molecule is CC1CCCN1CCCC(=O)Nc1cc(-c2cccc(OC(F)F)c2)n[nH]1. The van der Waals surface area contributed by atoms with E-state index in [0.29, 0.717) is 29.5 Å². The molecule has 0 bridgehead atoms. The second kappa shape index (κ2) is 8.94. The van der Waals surface area contributed by atoms with Crippen molar-refractivity contribution in [2.45, 2.75) is 45.3 Å². The minimum Gasteiger partial charge on any atom is -0.435 e. The van der Waals surface area contributed by atoms with Gasteiger partial charge in [0.05, 0.1) is 5.69 Å². The first-order valence-electron chi connectivity index (χ1n) is 9.16. The molecule has 1 unspecified atom stereocenters. The van der Waals surface area contributed by atoms with Gasteiger partial charge in [0, 0.05) is 24.1 Å². The van der Waals surface area contributed by atoms with Crippen LogP contribution in [0.25, 0.3) is 11.3 Å². The lowest BCUT2D eigenvalue weighted by atomic mass is 10.1. The lowest BCUT2D eigenvalue weighted by molar-refractivity contribution is -0.116. The van der Waals surface area contributed by atoms with Gasteiger partial charge >= 0.3 is 6.61 Å². The van der Waals surface area contributed by atoms with Crippen LogP contribution in [0, 0.1) is 0 Å². The summed E-state index contributed by atoms with van der Waals surface area (Å²) in [7, 11) is 0. The Bertz CT molecular complexity index is 766. The molecule has 1 aromatic heterocycles. The smallest absolute Gasteiger partial charge is 0.387 e. The Hall–Kier alpha value is -2.48. The number of benzene rings is 1. The first-order chi connectivity index (χ1) is 13.0. The van der Waals surface area contributed by atoms with Crippen LogP contribution < -0.4 is 10.1 Å². The van der Waals surface area contributed by atoms with E-state index in [1.165, 1.54) is 25.0 Å². The van der Waals surface area contributed by atoms with Gasteiger partial charge in [-0.3, -0.25) is 9.89 Å². The van der Waals surface area contributed by atoms with Crippen molar-refractivity contribution in [3.63, 3.8) is 0 Å². The zero-order chi connectivity index (χ0) is 19.2. The Morgan fingerprint density at radius 2 is 2.30 bits per heavy atom. The number of anilines is 1. The molecule has 0 radical (unpaired) electrons. The van der Waals surface area contributed by atoms with Gasteiger partial charge < -0.3 is 15.0 Å². The molecule has 27 heavy (non-hydrogen) atoms. The van der Waals surface area contributed by atoms with Crippen LogP contribution in [0.1, 0.15) is 32.6 Å². The number of ether oxygens (including phenoxy) is 1. The highest BCUT2D eigenvalue weighted by molar-refractivity contribution is 5.90. The largest absolute Gasteiger partial charge is 0.435 e. The van der Waals surface area contributed by atoms with Crippen LogP contribution in [0.5, 0.6) is 5.75 Å². The Morgan fingerprint density at radius 3 is 3.04 bits per heavy atom. The highest BCUT2D eigenvalue weighted by Gasteiger charge is 2.19. The molecule has 0 spiro atoms. The maximum absolute atomic E-state index is 12.3. The number of hydrogen-bond donors (Lipinski definition) is 2. The number of carbonyl (C=O) groups is 1. The molecule has 8 heteroatoms. The van der Waals surface area contributed by atoms with E-state index in [2.05, 4.69) is 32.1 Å². The van der Waals surface area contributed by atoms with Crippen molar-refractivity contribution in [2.75, 3.05) is 18.4 Å². The molecule has 1 fully saturated rings. The molecule has 2 N–H and O–H groups in total. The van der Waals surface area contributed by atoms with Gasteiger partial charge in [-0.15, -0.1) is 0 Å². The fourth-order valence-electron chi connectivity index (χ4n) is 3.35. The summed E-state index contributed by atoms with van der Waals surface area (Å²) in [5, 5.41) is 9.66. The van der Waals surface area contributed by atoms with Crippen molar-refractivity contribution in [2.24, 2.45) is 0 Å². The molecule has 0 saturated carbocycles. The van der Waals surface area contributed by atoms with E-state index in [0.717, 1.165) is 19.5 Å². The Labute approximate surface area is 156 Å². The van der Waals surface area contributed by atoms with E-state index < -0.39 is 6.61 Å². The Morgan fingerprint density at radius 1 is 1.44 bits per heavy atom. The lowest BCUT2D eigenvalue weighted by Gasteiger charge is -2.20. The molecule has 0 aliphatic carbocycles. The van der Waals surface area contributed by atoms with Crippen LogP contribution in [0.3, 0.4) is 0 Å². The predicted octanol–water partition coefficient (Wildman–Crippen LogP) is 3.88. The number of rotatable bonds is 8. The third-order valence-electron chi connectivity index (χ3n) is 4.75. The number of aromatic nitrogens is 2. The molecule has 3 rings (SSSR count). The summed E-state index contributed by atoms with van der Waals surface area (Å²) in [6, 6.07) is 8.55. The molecule has 146 valence electrons. The summed E-state index contributed by atoms with van der Waals surface area (Å²) in [5.41, 5.74) is 1.16. The van der Waals surface area contributed by atoms with Crippen LogP contribution in [0.4, 0.5) is 14.6 Å². The standard InChI is InChI=1S/C19H24F2N4O2/c1-13-5-3-9-25(13)10-4-8-18(26)22-17-12-16(23-24-17)14-6-2-7-15(11-14)27-19(20)21/h2,6-7,11-13,19H,3-5,8-10H2,1H3,(H2,22,23,24,26). The van der Waals surface area contributed by atoms with Gasteiger partial charge in [-0.05, 0) is 51.4 Å². The fourth-order valence-corrected chi connectivity index (χ4v) is 3.35. The molecule has 2 heterocycles. The molecule has 6 nitrogen and oxygen atoms in total. The van der Waals surface area contributed by atoms with Gasteiger partial charge in [-0.25, -0.2) is 0 Å². The highest BCUT2D eigenvalue weighted by atomic mass is 19.3. The Balaban J connectivity index is 1.51. The summed E-state index contributed by atoms with van der Waals surface area (Å²) < 4.78 is 29.1. The number of nitrogens with one attached hydrogen (secondary N) is 2. The van der Waals surface area contributed by atoms with Gasteiger partial charge in [0.15, 0.2) is 0 Å². The lowest BCUT2D eigenvalue weighted by Crippen LogP contribution is -2.28. The molecule has 2 aromatic rings. The average molecular weight is 378 g/mol. The van der Waals surface area contributed by atoms with E-state index in [1.807, 2.05) is 0 Å². The summed E-state index contributed by atoms with van der Waals surface area (Å²) in [5.74, 6) is 0.462. The summed E-state index contributed by atoms with van der Waals surface area (Å²) >= 11 is 0. The first-order valence-corrected chi connectivity index (χ1v) is 9.16. The normalized spacial score (nSPS) is 17.4. The number of alkyl halides is 2. The van der Waals surface area contributed by atoms with E-state index in [4.69, 9.17) is 0 Å². The van der Waals surface area contributed by atoms with E-state index in [9.17, 15) is 13.6 Å². The highest BCUT2D eigenvalue weighted by Crippen LogP contribution is 2.25. The van der Waals surface area contributed by atoms with Crippen LogP contribution >= 0.6 is 0 Å². The van der Waals surface area contributed by atoms with Crippen molar-refractivity contribution in [1.82, 2.24) is 15.1 Å². The second-order valence-electron chi connectivity index (χ2n) is 6.75. The molecular weight excluding hydrogens is 354 g/mol. The maximum atomic E-state index is 12.3. The number of hydrogen-bond acceptors (Lipinski definition) is 4. The summed E-state index contributed by atoms with van der Waals surface area (Å²) in [6.07, 6.45) is 3.71. The van der Waals surface area contributed by atoms with Gasteiger partial charge in [0.25, 0.3) is 0 Å². The van der Waals surface area contributed by atoms with Gasteiger partial charge in [0.2, 0.25) is 5.91 Å². The number of amides is 1. The van der Waals surface area contributed by atoms with Crippen LogP contribution in [0.15, 0.2) is 30.3 Å². The number of H-pyrrole nitrogens is 1. The van der Waals surface area contributed by atoms with Crippen molar-refractivity contribution in [3.05, 3.63) is 30.3 Å². The summed E-state index contributed by atoms with van der Waals surface area (Å²) in [6.45, 7) is 1.39. The molecule has 1 aromatic carbocycles. The molecule has 1 aliphatic rings. The van der Waals surface area contributed by atoms with Gasteiger partial charge in [-0.1, -0.05) is 12.1 Å². The third-order valence-corrected chi connectivity index (χ3v) is 4.75. The predicted molar refractivity (Wildman–Crippen MR) is 98.8 cm³/mol. The van der Waals surface area contributed by atoms with E-state index in [-0.39, 0.29) is 11.7 Å². The zero-order valence-electron chi connectivity index (χ0n) is 15.3. The van der Waals surface area contributed by atoms with Crippen LogP contribution in [-0.4, -0.2) is 46.7 Å².